The van der Waals surface area contributed by atoms with E-state index >= 15 is 0 Å². The van der Waals surface area contributed by atoms with Crippen molar-refractivity contribution >= 4 is 5.91 Å². The summed E-state index contributed by atoms with van der Waals surface area (Å²) in [5.41, 5.74) is 0.368. The van der Waals surface area contributed by atoms with E-state index in [9.17, 15) is 9.18 Å². The molecule has 2 aliphatic rings. The van der Waals surface area contributed by atoms with Gasteiger partial charge in [0.2, 0.25) is 0 Å². The van der Waals surface area contributed by atoms with Gasteiger partial charge in [0.25, 0.3) is 5.91 Å². The molecule has 0 aliphatic carbocycles. The average molecular weight is 358 g/mol. The monoisotopic (exact) mass is 358 g/mol. The van der Waals surface area contributed by atoms with Crippen molar-refractivity contribution in [1.82, 2.24) is 9.80 Å². The number of carbonyl (C=O) groups is 1. The Labute approximate surface area is 152 Å². The molecule has 26 heavy (non-hydrogen) atoms. The van der Waals surface area contributed by atoms with Crippen LogP contribution in [0.5, 0.6) is 0 Å². The van der Waals surface area contributed by atoms with Gasteiger partial charge in [0.1, 0.15) is 11.6 Å². The number of rotatable bonds is 4. The highest BCUT2D eigenvalue weighted by atomic mass is 19.1. The lowest BCUT2D eigenvalue weighted by molar-refractivity contribution is 0.0417. The van der Waals surface area contributed by atoms with Gasteiger partial charge in [-0.1, -0.05) is 12.1 Å². The van der Waals surface area contributed by atoms with Crippen LogP contribution in [0, 0.1) is 5.82 Å². The number of piperazine rings is 1. The molecule has 1 atom stereocenters. The highest BCUT2D eigenvalue weighted by molar-refractivity contribution is 5.92. The summed E-state index contributed by atoms with van der Waals surface area (Å²) in [6, 6.07) is 9.68. The molecule has 1 aromatic heterocycles. The van der Waals surface area contributed by atoms with Crippen LogP contribution in [0.3, 0.4) is 0 Å². The molecule has 0 N–H and O–H groups in total. The standard InChI is InChI=1S/C20H23FN2O3/c21-17-6-2-1-5-16(17)18-7-8-19(26-18)20(24)23-11-9-22(10-12-23)14-15-4-3-13-25-15/h1-2,5-8,15H,3-4,9-14H2/t15-/m1/s1. The van der Waals surface area contributed by atoms with Gasteiger partial charge in [0.05, 0.1) is 11.7 Å². The summed E-state index contributed by atoms with van der Waals surface area (Å²) in [6.45, 7) is 4.83. The Morgan fingerprint density at radius 3 is 2.65 bits per heavy atom. The SMILES string of the molecule is O=C(c1ccc(-c2ccccc2F)o1)N1CCN(C[C@H]2CCCO2)CC1. The van der Waals surface area contributed by atoms with Crippen LogP contribution >= 0.6 is 0 Å². The third-order valence-corrected chi connectivity index (χ3v) is 5.10. The molecule has 138 valence electrons. The molecule has 0 bridgehead atoms. The number of benzene rings is 1. The maximum absolute atomic E-state index is 13.9. The normalized spacial score (nSPS) is 21.3. The molecule has 0 radical (unpaired) electrons. The van der Waals surface area contributed by atoms with Gasteiger partial charge in [-0.15, -0.1) is 0 Å². The lowest BCUT2D eigenvalue weighted by atomic mass is 10.1. The van der Waals surface area contributed by atoms with Gasteiger partial charge < -0.3 is 14.1 Å². The highest BCUT2D eigenvalue weighted by Gasteiger charge is 2.27. The molecule has 2 aromatic rings. The Morgan fingerprint density at radius 2 is 1.92 bits per heavy atom. The maximum Gasteiger partial charge on any atom is 0.289 e. The minimum absolute atomic E-state index is 0.135. The summed E-state index contributed by atoms with van der Waals surface area (Å²) in [6.07, 6.45) is 2.61. The lowest BCUT2D eigenvalue weighted by Crippen LogP contribution is -2.50. The van der Waals surface area contributed by atoms with E-state index in [4.69, 9.17) is 9.15 Å². The molecular formula is C20H23FN2O3. The van der Waals surface area contributed by atoms with Crippen LogP contribution in [0.2, 0.25) is 0 Å². The van der Waals surface area contributed by atoms with Crippen LogP contribution < -0.4 is 0 Å². The number of nitrogens with zero attached hydrogens (tertiary/aromatic N) is 2. The zero-order valence-electron chi connectivity index (χ0n) is 14.7. The molecule has 2 saturated heterocycles. The summed E-state index contributed by atoms with van der Waals surface area (Å²) in [4.78, 5) is 16.8. The summed E-state index contributed by atoms with van der Waals surface area (Å²) >= 11 is 0. The predicted molar refractivity (Wildman–Crippen MR) is 95.4 cm³/mol. The van der Waals surface area contributed by atoms with Crippen LogP contribution in [0.1, 0.15) is 23.4 Å². The van der Waals surface area contributed by atoms with E-state index in [-0.39, 0.29) is 17.5 Å². The third kappa shape index (κ3) is 3.66. The van der Waals surface area contributed by atoms with Gasteiger partial charge >= 0.3 is 0 Å². The average Bonchev–Trinajstić information content (AvgIpc) is 3.34. The molecule has 0 spiro atoms. The Bertz CT molecular complexity index is 762. The van der Waals surface area contributed by atoms with Gasteiger partial charge in [0.15, 0.2) is 5.76 Å². The van der Waals surface area contributed by atoms with Crippen molar-refractivity contribution in [2.24, 2.45) is 0 Å². The largest absolute Gasteiger partial charge is 0.451 e. The first kappa shape index (κ1) is 17.2. The summed E-state index contributed by atoms with van der Waals surface area (Å²) in [7, 11) is 0. The molecule has 2 aliphatic heterocycles. The smallest absolute Gasteiger partial charge is 0.289 e. The zero-order chi connectivity index (χ0) is 17.9. The van der Waals surface area contributed by atoms with Crippen molar-refractivity contribution < 1.29 is 18.3 Å². The molecule has 4 rings (SSSR count). The number of hydrogen-bond acceptors (Lipinski definition) is 4. The fourth-order valence-corrected chi connectivity index (χ4v) is 3.62. The Kier molecular flexibility index (Phi) is 5.04. The fraction of sp³-hybridized carbons (Fsp3) is 0.450. The quantitative estimate of drug-likeness (QED) is 0.843. The van der Waals surface area contributed by atoms with Crippen LogP contribution in [0.4, 0.5) is 4.39 Å². The molecule has 1 amide bonds. The van der Waals surface area contributed by atoms with Crippen LogP contribution in [0.15, 0.2) is 40.8 Å². The lowest BCUT2D eigenvalue weighted by Gasteiger charge is -2.35. The zero-order valence-corrected chi connectivity index (χ0v) is 14.7. The molecule has 0 unspecified atom stereocenters. The second kappa shape index (κ2) is 7.60. The second-order valence-corrected chi connectivity index (χ2v) is 6.87. The van der Waals surface area contributed by atoms with Crippen LogP contribution in [-0.2, 0) is 4.74 Å². The summed E-state index contributed by atoms with van der Waals surface area (Å²) in [5.74, 6) is 0.146. The van der Waals surface area contributed by atoms with E-state index < -0.39 is 0 Å². The van der Waals surface area contributed by atoms with Gasteiger partial charge in [-0.3, -0.25) is 9.69 Å². The van der Waals surface area contributed by atoms with Gasteiger partial charge in [-0.2, -0.15) is 0 Å². The molecule has 6 heteroatoms. The van der Waals surface area contributed by atoms with E-state index in [1.807, 2.05) is 0 Å². The predicted octanol–water partition coefficient (Wildman–Crippen LogP) is 3.02. The Morgan fingerprint density at radius 1 is 1.12 bits per heavy atom. The Hall–Kier alpha value is -2.18. The molecule has 0 saturated carbocycles. The Balaban J connectivity index is 1.36. The summed E-state index contributed by atoms with van der Waals surface area (Å²) < 4.78 is 25.2. The number of amides is 1. The number of ether oxygens (including phenoxy) is 1. The van der Waals surface area contributed by atoms with E-state index in [0.717, 1.165) is 39.1 Å². The van der Waals surface area contributed by atoms with Crippen molar-refractivity contribution in [2.45, 2.75) is 18.9 Å². The maximum atomic E-state index is 13.9. The van der Waals surface area contributed by atoms with Crippen molar-refractivity contribution in [3.63, 3.8) is 0 Å². The van der Waals surface area contributed by atoms with E-state index in [0.29, 0.717) is 30.5 Å². The minimum Gasteiger partial charge on any atom is -0.451 e. The second-order valence-electron chi connectivity index (χ2n) is 6.87. The molecular weight excluding hydrogens is 335 g/mol. The first-order chi connectivity index (χ1) is 12.7. The summed E-state index contributed by atoms with van der Waals surface area (Å²) in [5, 5.41) is 0. The van der Waals surface area contributed by atoms with Crippen LogP contribution in [0.25, 0.3) is 11.3 Å². The molecule has 2 fully saturated rings. The first-order valence-electron chi connectivity index (χ1n) is 9.19. The first-order valence-corrected chi connectivity index (χ1v) is 9.19. The van der Waals surface area contributed by atoms with E-state index in [1.165, 1.54) is 6.07 Å². The van der Waals surface area contributed by atoms with Gasteiger partial charge in [-0.05, 0) is 37.1 Å². The van der Waals surface area contributed by atoms with Crippen molar-refractivity contribution in [3.8, 4) is 11.3 Å². The van der Waals surface area contributed by atoms with E-state index in [2.05, 4.69) is 4.90 Å². The minimum atomic E-state index is -0.358. The molecule has 3 heterocycles. The van der Waals surface area contributed by atoms with Crippen molar-refractivity contribution in [1.29, 1.82) is 0 Å². The number of halogens is 1. The van der Waals surface area contributed by atoms with Crippen LogP contribution in [-0.4, -0.2) is 61.1 Å². The van der Waals surface area contributed by atoms with Crippen molar-refractivity contribution in [2.75, 3.05) is 39.3 Å². The van der Waals surface area contributed by atoms with Crippen molar-refractivity contribution in [3.05, 3.63) is 48.0 Å². The van der Waals surface area contributed by atoms with Gasteiger partial charge in [0, 0.05) is 39.3 Å². The van der Waals surface area contributed by atoms with E-state index in [1.54, 1.807) is 35.2 Å². The topological polar surface area (TPSA) is 45.9 Å². The highest BCUT2D eigenvalue weighted by Crippen LogP contribution is 2.25. The number of furan rings is 1. The number of hydrogen-bond donors (Lipinski definition) is 0. The molecule has 1 aromatic carbocycles. The third-order valence-electron chi connectivity index (χ3n) is 5.10. The fourth-order valence-electron chi connectivity index (χ4n) is 3.62. The number of carbonyl (C=O) groups excluding carboxylic acids is 1. The molecule has 5 nitrogen and oxygen atoms in total. The van der Waals surface area contributed by atoms with Gasteiger partial charge in [-0.25, -0.2) is 4.39 Å².